The SMILES string of the molecule is NC(=O)C1(C(N)=O)CC(OCc2ccccc2)C1. The van der Waals surface area contributed by atoms with Gasteiger partial charge in [-0.15, -0.1) is 0 Å². The third-order valence-corrected chi connectivity index (χ3v) is 3.42. The van der Waals surface area contributed by atoms with E-state index in [1.54, 1.807) is 0 Å². The average Bonchev–Trinajstić information content (AvgIpc) is 2.27. The number of carbonyl (C=O) groups is 2. The van der Waals surface area contributed by atoms with E-state index in [2.05, 4.69) is 0 Å². The fraction of sp³-hybridized carbons (Fsp3) is 0.385. The Hall–Kier alpha value is -1.88. The molecule has 0 radical (unpaired) electrons. The zero-order chi connectivity index (χ0) is 13.2. The largest absolute Gasteiger partial charge is 0.373 e. The molecule has 0 aliphatic heterocycles. The molecule has 0 bridgehead atoms. The highest BCUT2D eigenvalue weighted by Crippen LogP contribution is 2.42. The van der Waals surface area contributed by atoms with Gasteiger partial charge < -0.3 is 16.2 Å². The number of hydrogen-bond acceptors (Lipinski definition) is 3. The Kier molecular flexibility index (Phi) is 3.34. The molecular weight excluding hydrogens is 232 g/mol. The van der Waals surface area contributed by atoms with Crippen LogP contribution < -0.4 is 11.5 Å². The van der Waals surface area contributed by atoms with Gasteiger partial charge in [-0.1, -0.05) is 30.3 Å². The second kappa shape index (κ2) is 4.78. The van der Waals surface area contributed by atoms with Gasteiger partial charge in [0.15, 0.2) is 0 Å². The van der Waals surface area contributed by atoms with E-state index in [0.29, 0.717) is 6.61 Å². The first-order valence-electron chi connectivity index (χ1n) is 5.80. The Balaban J connectivity index is 1.86. The second-order valence-corrected chi connectivity index (χ2v) is 4.64. The van der Waals surface area contributed by atoms with Crippen LogP contribution in [0, 0.1) is 5.41 Å². The Morgan fingerprint density at radius 1 is 1.17 bits per heavy atom. The van der Waals surface area contributed by atoms with Crippen LogP contribution in [-0.4, -0.2) is 17.9 Å². The number of amides is 2. The van der Waals surface area contributed by atoms with Crippen molar-refractivity contribution in [3.63, 3.8) is 0 Å². The molecule has 1 saturated carbocycles. The molecule has 0 heterocycles. The molecule has 4 N–H and O–H groups in total. The number of ether oxygens (including phenoxy) is 1. The lowest BCUT2D eigenvalue weighted by molar-refractivity contribution is -0.159. The molecule has 96 valence electrons. The normalized spacial score (nSPS) is 18.0. The van der Waals surface area contributed by atoms with E-state index in [1.165, 1.54) is 0 Å². The molecule has 0 unspecified atom stereocenters. The molecular formula is C13H16N2O3. The third-order valence-electron chi connectivity index (χ3n) is 3.42. The van der Waals surface area contributed by atoms with Gasteiger partial charge in [0.1, 0.15) is 5.41 Å². The van der Waals surface area contributed by atoms with Crippen molar-refractivity contribution < 1.29 is 14.3 Å². The Labute approximate surface area is 105 Å². The van der Waals surface area contributed by atoms with Gasteiger partial charge in [0, 0.05) is 0 Å². The molecule has 0 aromatic heterocycles. The van der Waals surface area contributed by atoms with Gasteiger partial charge in [-0.25, -0.2) is 0 Å². The van der Waals surface area contributed by atoms with Crippen LogP contribution in [0.2, 0.25) is 0 Å². The molecule has 1 aliphatic rings. The van der Waals surface area contributed by atoms with Crippen LogP contribution in [0.25, 0.3) is 0 Å². The molecule has 5 nitrogen and oxygen atoms in total. The summed E-state index contributed by atoms with van der Waals surface area (Å²) < 4.78 is 5.60. The van der Waals surface area contributed by atoms with Gasteiger partial charge in [0.2, 0.25) is 11.8 Å². The summed E-state index contributed by atoms with van der Waals surface area (Å²) in [4.78, 5) is 22.5. The summed E-state index contributed by atoms with van der Waals surface area (Å²) in [5.74, 6) is -1.32. The van der Waals surface area contributed by atoms with Crippen LogP contribution in [0.15, 0.2) is 30.3 Å². The number of nitrogens with two attached hydrogens (primary N) is 2. The number of primary amides is 2. The standard InChI is InChI=1S/C13H16N2O3/c14-11(16)13(12(15)17)6-10(7-13)18-8-9-4-2-1-3-5-9/h1-5,10H,6-8H2,(H2,14,16)(H2,15,17). The van der Waals surface area contributed by atoms with Crippen LogP contribution in [0.1, 0.15) is 18.4 Å². The van der Waals surface area contributed by atoms with Crippen molar-refractivity contribution in [3.8, 4) is 0 Å². The van der Waals surface area contributed by atoms with Crippen LogP contribution in [0.4, 0.5) is 0 Å². The summed E-state index contributed by atoms with van der Waals surface area (Å²) in [6.07, 6.45) is 0.430. The lowest BCUT2D eigenvalue weighted by atomic mass is 9.65. The zero-order valence-corrected chi connectivity index (χ0v) is 9.96. The smallest absolute Gasteiger partial charge is 0.233 e. The first-order valence-corrected chi connectivity index (χ1v) is 5.80. The fourth-order valence-electron chi connectivity index (χ4n) is 2.15. The van der Waals surface area contributed by atoms with Crippen molar-refractivity contribution in [3.05, 3.63) is 35.9 Å². The summed E-state index contributed by atoms with van der Waals surface area (Å²) in [5, 5.41) is 0. The maximum atomic E-state index is 11.2. The summed E-state index contributed by atoms with van der Waals surface area (Å²) in [7, 11) is 0. The third kappa shape index (κ3) is 2.22. The lowest BCUT2D eigenvalue weighted by Crippen LogP contribution is -2.58. The van der Waals surface area contributed by atoms with Crippen LogP contribution in [0.3, 0.4) is 0 Å². The zero-order valence-electron chi connectivity index (χ0n) is 9.96. The van der Waals surface area contributed by atoms with Crippen molar-refractivity contribution in [1.29, 1.82) is 0 Å². The Bertz CT molecular complexity index is 437. The van der Waals surface area contributed by atoms with E-state index in [-0.39, 0.29) is 18.9 Å². The molecule has 0 saturated heterocycles. The average molecular weight is 248 g/mol. The van der Waals surface area contributed by atoms with Gasteiger partial charge in [-0.3, -0.25) is 9.59 Å². The van der Waals surface area contributed by atoms with Gasteiger partial charge in [-0.2, -0.15) is 0 Å². The molecule has 0 atom stereocenters. The molecule has 1 aliphatic carbocycles. The first kappa shape index (κ1) is 12.6. The molecule has 1 aromatic carbocycles. The van der Waals surface area contributed by atoms with Crippen LogP contribution >= 0.6 is 0 Å². The minimum atomic E-state index is -1.21. The first-order chi connectivity index (χ1) is 8.54. The maximum Gasteiger partial charge on any atom is 0.233 e. The lowest BCUT2D eigenvalue weighted by Gasteiger charge is -2.42. The highest BCUT2D eigenvalue weighted by Gasteiger charge is 2.54. The molecule has 2 rings (SSSR count). The number of rotatable bonds is 5. The molecule has 1 aromatic rings. The van der Waals surface area contributed by atoms with E-state index in [9.17, 15) is 9.59 Å². The van der Waals surface area contributed by atoms with Gasteiger partial charge in [-0.05, 0) is 18.4 Å². The van der Waals surface area contributed by atoms with Crippen molar-refractivity contribution in [1.82, 2.24) is 0 Å². The number of benzene rings is 1. The van der Waals surface area contributed by atoms with E-state index >= 15 is 0 Å². The molecule has 18 heavy (non-hydrogen) atoms. The minimum Gasteiger partial charge on any atom is -0.373 e. The highest BCUT2D eigenvalue weighted by molar-refractivity contribution is 6.04. The monoisotopic (exact) mass is 248 g/mol. The Morgan fingerprint density at radius 2 is 1.72 bits per heavy atom. The molecule has 2 amide bonds. The quantitative estimate of drug-likeness (QED) is 0.735. The summed E-state index contributed by atoms with van der Waals surface area (Å²) >= 11 is 0. The van der Waals surface area contributed by atoms with Crippen molar-refractivity contribution in [2.45, 2.75) is 25.6 Å². The van der Waals surface area contributed by atoms with E-state index in [0.717, 1.165) is 5.56 Å². The van der Waals surface area contributed by atoms with Crippen LogP contribution in [0.5, 0.6) is 0 Å². The predicted molar refractivity (Wildman–Crippen MR) is 65.1 cm³/mol. The van der Waals surface area contributed by atoms with E-state index in [1.807, 2.05) is 30.3 Å². The van der Waals surface area contributed by atoms with Gasteiger partial charge in [0.05, 0.1) is 12.7 Å². The van der Waals surface area contributed by atoms with Crippen molar-refractivity contribution in [2.24, 2.45) is 16.9 Å². The van der Waals surface area contributed by atoms with E-state index in [4.69, 9.17) is 16.2 Å². The predicted octanol–water partition coefficient (Wildman–Crippen LogP) is 0.323. The Morgan fingerprint density at radius 3 is 2.22 bits per heavy atom. The fourth-order valence-corrected chi connectivity index (χ4v) is 2.15. The summed E-state index contributed by atoms with van der Waals surface area (Å²) in [6.45, 7) is 0.457. The van der Waals surface area contributed by atoms with Crippen LogP contribution in [-0.2, 0) is 20.9 Å². The van der Waals surface area contributed by atoms with Crippen molar-refractivity contribution in [2.75, 3.05) is 0 Å². The second-order valence-electron chi connectivity index (χ2n) is 4.64. The van der Waals surface area contributed by atoms with E-state index < -0.39 is 17.2 Å². The molecule has 1 fully saturated rings. The number of carbonyl (C=O) groups excluding carboxylic acids is 2. The topological polar surface area (TPSA) is 95.4 Å². The maximum absolute atomic E-state index is 11.2. The number of hydrogen-bond donors (Lipinski definition) is 2. The summed E-state index contributed by atoms with van der Waals surface area (Å²) in [6, 6.07) is 9.69. The van der Waals surface area contributed by atoms with Gasteiger partial charge in [0.25, 0.3) is 0 Å². The van der Waals surface area contributed by atoms with Crippen molar-refractivity contribution >= 4 is 11.8 Å². The summed E-state index contributed by atoms with van der Waals surface area (Å²) in [5.41, 5.74) is 10.3. The minimum absolute atomic E-state index is 0.134. The van der Waals surface area contributed by atoms with Gasteiger partial charge >= 0.3 is 0 Å². The highest BCUT2D eigenvalue weighted by atomic mass is 16.5. The molecule has 5 heteroatoms. The molecule has 0 spiro atoms.